The topological polar surface area (TPSA) is 92.7 Å². The smallest absolute Gasteiger partial charge is 0.350 e. The first-order valence-electron chi connectivity index (χ1n) is 6.29. The van der Waals surface area contributed by atoms with Gasteiger partial charge in [-0.2, -0.15) is 8.42 Å². The number of quaternary nitrogens is 1. The summed E-state index contributed by atoms with van der Waals surface area (Å²) in [5.74, 6) is 0.0233. The van der Waals surface area contributed by atoms with E-state index in [1.807, 2.05) is 27.9 Å². The van der Waals surface area contributed by atoms with Crippen LogP contribution in [-0.4, -0.2) is 63.7 Å². The van der Waals surface area contributed by atoms with Gasteiger partial charge in [-0.3, -0.25) is 9.35 Å². The van der Waals surface area contributed by atoms with Gasteiger partial charge in [-0.25, -0.2) is 4.18 Å². The molecule has 0 aliphatic heterocycles. The van der Waals surface area contributed by atoms with Crippen molar-refractivity contribution in [3.63, 3.8) is 0 Å². The van der Waals surface area contributed by atoms with Crippen molar-refractivity contribution < 1.29 is 26.4 Å². The molecule has 114 valence electrons. The molecule has 0 aromatic heterocycles. The lowest BCUT2D eigenvalue weighted by atomic mass is 10.1. The molecule has 2 N–H and O–H groups in total. The molecule has 0 radical (unpaired) electrons. The lowest BCUT2D eigenvalue weighted by molar-refractivity contribution is -0.889. The third-order valence-corrected chi connectivity index (χ3v) is 3.47. The highest BCUT2D eigenvalue weighted by Gasteiger charge is 2.18. The first-order valence-corrected chi connectivity index (χ1v) is 7.65. The van der Waals surface area contributed by atoms with Crippen LogP contribution >= 0.6 is 0 Å². The van der Waals surface area contributed by atoms with E-state index in [1.54, 1.807) is 0 Å². The van der Waals surface area contributed by atoms with E-state index in [9.17, 15) is 13.2 Å². The molecular formula is C11H25N2O5S+. The summed E-state index contributed by atoms with van der Waals surface area (Å²) in [7, 11) is -0.592. The number of carbonyl (C=O) groups is 1. The maximum Gasteiger partial charge on any atom is 0.397 e. The molecule has 19 heavy (non-hydrogen) atoms. The van der Waals surface area contributed by atoms with E-state index in [0.29, 0.717) is 24.1 Å². The van der Waals surface area contributed by atoms with Crippen LogP contribution in [0.2, 0.25) is 0 Å². The molecule has 0 aliphatic rings. The first kappa shape index (κ1) is 18.3. The fourth-order valence-corrected chi connectivity index (χ4v) is 1.63. The minimum atomic E-state index is -4.37. The van der Waals surface area contributed by atoms with Gasteiger partial charge in [0.25, 0.3) is 0 Å². The third kappa shape index (κ3) is 9.83. The number of likely N-dealkylation sites (N-methyl/N-ethyl adjacent to an activating group) is 1. The Morgan fingerprint density at radius 2 is 1.95 bits per heavy atom. The molecule has 1 unspecified atom stereocenters. The molecule has 8 heteroatoms. The van der Waals surface area contributed by atoms with Crippen molar-refractivity contribution in [2.24, 2.45) is 5.92 Å². The fourth-order valence-electron chi connectivity index (χ4n) is 1.34. The molecule has 7 nitrogen and oxygen atoms in total. The van der Waals surface area contributed by atoms with Gasteiger partial charge in [-0.05, 0) is 6.42 Å². The highest BCUT2D eigenvalue weighted by Crippen LogP contribution is 2.00. The van der Waals surface area contributed by atoms with Gasteiger partial charge in [0.05, 0.1) is 27.2 Å². The summed E-state index contributed by atoms with van der Waals surface area (Å²) in [6, 6.07) is 0. The first-order chi connectivity index (χ1) is 8.57. The summed E-state index contributed by atoms with van der Waals surface area (Å²) in [5.41, 5.74) is 0. The fraction of sp³-hybridized carbons (Fsp3) is 0.909. The monoisotopic (exact) mass is 297 g/mol. The third-order valence-electron chi connectivity index (χ3n) is 3.01. The van der Waals surface area contributed by atoms with Crippen molar-refractivity contribution >= 4 is 16.3 Å². The molecule has 0 fully saturated rings. The summed E-state index contributed by atoms with van der Waals surface area (Å²) in [4.78, 5) is 11.6. The van der Waals surface area contributed by atoms with Crippen LogP contribution in [0.15, 0.2) is 0 Å². The second kappa shape index (κ2) is 7.78. The Balaban J connectivity index is 3.94. The van der Waals surface area contributed by atoms with Crippen LogP contribution in [0.3, 0.4) is 0 Å². The minimum absolute atomic E-state index is 0.00141. The Hall–Kier alpha value is -0.700. The molecule has 0 rings (SSSR count). The molecular weight excluding hydrogens is 272 g/mol. The number of carbonyl (C=O) groups excluding carboxylic acids is 1. The SMILES string of the molecule is CCC(C)C(=O)NCC[N+](C)(C)CCOS(=O)(=O)O. The summed E-state index contributed by atoms with van der Waals surface area (Å²) in [6.45, 7) is 5.31. The van der Waals surface area contributed by atoms with Gasteiger partial charge in [0.15, 0.2) is 0 Å². The van der Waals surface area contributed by atoms with Gasteiger partial charge in [0.1, 0.15) is 13.2 Å². The van der Waals surface area contributed by atoms with Crippen molar-refractivity contribution in [1.29, 1.82) is 0 Å². The highest BCUT2D eigenvalue weighted by atomic mass is 32.3. The van der Waals surface area contributed by atoms with Crippen LogP contribution in [0.25, 0.3) is 0 Å². The van der Waals surface area contributed by atoms with Crippen LogP contribution in [-0.2, 0) is 19.4 Å². The van der Waals surface area contributed by atoms with E-state index in [-0.39, 0.29) is 18.4 Å². The molecule has 0 spiro atoms. The van der Waals surface area contributed by atoms with Crippen LogP contribution in [0.5, 0.6) is 0 Å². The van der Waals surface area contributed by atoms with Crippen molar-refractivity contribution in [2.45, 2.75) is 20.3 Å². The Morgan fingerprint density at radius 1 is 1.37 bits per heavy atom. The van der Waals surface area contributed by atoms with Crippen molar-refractivity contribution in [2.75, 3.05) is 40.3 Å². The average Bonchev–Trinajstić information content (AvgIpc) is 2.25. The van der Waals surface area contributed by atoms with Gasteiger partial charge in [-0.1, -0.05) is 13.8 Å². The van der Waals surface area contributed by atoms with Crippen LogP contribution < -0.4 is 5.32 Å². The Morgan fingerprint density at radius 3 is 2.42 bits per heavy atom. The van der Waals surface area contributed by atoms with Gasteiger partial charge in [0.2, 0.25) is 5.91 Å². The van der Waals surface area contributed by atoms with E-state index in [2.05, 4.69) is 9.50 Å². The maximum atomic E-state index is 11.6. The molecule has 0 aromatic carbocycles. The predicted octanol–water partition coefficient (Wildman–Crippen LogP) is 0.0445. The molecule has 1 atom stereocenters. The van der Waals surface area contributed by atoms with Gasteiger partial charge in [-0.15, -0.1) is 0 Å². The second-order valence-electron chi connectivity index (χ2n) is 5.23. The van der Waals surface area contributed by atoms with E-state index in [4.69, 9.17) is 4.55 Å². The zero-order valence-electron chi connectivity index (χ0n) is 12.0. The van der Waals surface area contributed by atoms with E-state index >= 15 is 0 Å². The predicted molar refractivity (Wildman–Crippen MR) is 71.8 cm³/mol. The quantitative estimate of drug-likeness (QED) is 0.463. The Bertz CT molecular complexity index is 381. The van der Waals surface area contributed by atoms with E-state index in [1.165, 1.54) is 0 Å². The molecule has 0 aliphatic carbocycles. The number of amides is 1. The van der Waals surface area contributed by atoms with E-state index in [0.717, 1.165) is 6.42 Å². The lowest BCUT2D eigenvalue weighted by Crippen LogP contribution is -2.47. The van der Waals surface area contributed by atoms with Gasteiger partial charge < -0.3 is 9.80 Å². The number of nitrogens with one attached hydrogen (secondary N) is 1. The summed E-state index contributed by atoms with van der Waals surface area (Å²) in [5, 5.41) is 2.83. The lowest BCUT2D eigenvalue weighted by Gasteiger charge is -2.29. The zero-order chi connectivity index (χ0) is 15.1. The maximum absolute atomic E-state index is 11.6. The number of hydrogen-bond acceptors (Lipinski definition) is 4. The highest BCUT2D eigenvalue weighted by molar-refractivity contribution is 7.80. The summed E-state index contributed by atoms with van der Waals surface area (Å²) in [6.07, 6.45) is 0.798. The minimum Gasteiger partial charge on any atom is -0.350 e. The van der Waals surface area contributed by atoms with Gasteiger partial charge >= 0.3 is 10.4 Å². The molecule has 0 bridgehead atoms. The van der Waals surface area contributed by atoms with Crippen LogP contribution in [0.4, 0.5) is 0 Å². The average molecular weight is 297 g/mol. The standard InChI is InChI=1S/C11H24N2O5S/c1-5-10(2)11(14)12-6-7-13(3,4)8-9-18-19(15,16)17/h10H,5-9H2,1-4H3,(H-,12,14,15,16,17)/p+1. The number of nitrogens with zero attached hydrogens (tertiary/aromatic N) is 1. The van der Waals surface area contributed by atoms with E-state index < -0.39 is 10.4 Å². The molecule has 0 saturated heterocycles. The summed E-state index contributed by atoms with van der Waals surface area (Å²) >= 11 is 0. The van der Waals surface area contributed by atoms with Crippen molar-refractivity contribution in [3.05, 3.63) is 0 Å². The normalized spacial score (nSPS) is 14.2. The molecule has 1 amide bonds. The molecule has 0 aromatic rings. The largest absolute Gasteiger partial charge is 0.397 e. The Kier molecular flexibility index (Phi) is 7.50. The van der Waals surface area contributed by atoms with Crippen LogP contribution in [0, 0.1) is 5.92 Å². The number of hydrogen-bond donors (Lipinski definition) is 2. The molecule has 0 heterocycles. The van der Waals surface area contributed by atoms with Gasteiger partial charge in [0, 0.05) is 5.92 Å². The second-order valence-corrected chi connectivity index (χ2v) is 6.32. The molecule has 0 saturated carbocycles. The van der Waals surface area contributed by atoms with Crippen LogP contribution in [0.1, 0.15) is 20.3 Å². The Labute approximate surface area is 115 Å². The van der Waals surface area contributed by atoms with Crippen molar-refractivity contribution in [1.82, 2.24) is 5.32 Å². The van der Waals surface area contributed by atoms with Crippen molar-refractivity contribution in [3.8, 4) is 0 Å². The zero-order valence-corrected chi connectivity index (χ0v) is 12.9. The number of rotatable bonds is 9. The summed E-state index contributed by atoms with van der Waals surface area (Å²) < 4.78 is 34.0.